The number of nitrogens with one attached hydrogen (secondary N) is 1. The summed E-state index contributed by atoms with van der Waals surface area (Å²) < 4.78 is 52.3. The lowest BCUT2D eigenvalue weighted by molar-refractivity contribution is -0.274. The fourth-order valence-corrected chi connectivity index (χ4v) is 5.39. The van der Waals surface area contributed by atoms with Gasteiger partial charge in [0, 0.05) is 11.1 Å². The molecule has 6 rings (SSSR count). The van der Waals surface area contributed by atoms with Gasteiger partial charge < -0.3 is 19.5 Å². The van der Waals surface area contributed by atoms with Crippen LogP contribution in [0.25, 0.3) is 11.3 Å². The van der Waals surface area contributed by atoms with Crippen molar-refractivity contribution >= 4 is 28.2 Å². The van der Waals surface area contributed by atoms with Gasteiger partial charge in [0.1, 0.15) is 10.6 Å². The summed E-state index contributed by atoms with van der Waals surface area (Å²) in [7, 11) is 0. The number of alkyl halides is 3. The number of halogens is 3. The Labute approximate surface area is 224 Å². The van der Waals surface area contributed by atoms with Crippen LogP contribution in [0.15, 0.2) is 72.8 Å². The molecule has 0 spiro atoms. The third-order valence-corrected chi connectivity index (χ3v) is 7.53. The Bertz CT molecular complexity index is 1560. The maximum atomic E-state index is 13.4. The van der Waals surface area contributed by atoms with E-state index in [1.54, 1.807) is 30.3 Å². The third-order valence-electron chi connectivity index (χ3n) is 6.56. The minimum Gasteiger partial charge on any atom is -0.454 e. The summed E-state index contributed by atoms with van der Waals surface area (Å²) in [6.45, 7) is 0.133. The molecule has 198 valence electrons. The van der Waals surface area contributed by atoms with Gasteiger partial charge in [-0.15, -0.1) is 13.2 Å². The van der Waals surface area contributed by atoms with E-state index in [1.165, 1.54) is 12.1 Å². The van der Waals surface area contributed by atoms with Crippen molar-refractivity contribution in [2.45, 2.75) is 24.6 Å². The van der Waals surface area contributed by atoms with E-state index >= 15 is 0 Å². The number of carbonyl (C=O) groups excluding carboxylic acids is 2. The van der Waals surface area contributed by atoms with E-state index in [1.807, 2.05) is 18.2 Å². The normalized spacial score (nSPS) is 15.1. The van der Waals surface area contributed by atoms with E-state index in [9.17, 15) is 22.8 Å². The molecule has 1 aliphatic heterocycles. The van der Waals surface area contributed by atoms with Gasteiger partial charge in [-0.1, -0.05) is 47.7 Å². The molecule has 0 unspecified atom stereocenters. The van der Waals surface area contributed by atoms with Gasteiger partial charge in [-0.2, -0.15) is 0 Å². The number of aromatic nitrogens is 1. The first-order chi connectivity index (χ1) is 18.7. The first-order valence-corrected chi connectivity index (χ1v) is 12.7. The molecule has 0 atom stereocenters. The fraction of sp³-hybridized carbons (Fsp3) is 0.179. The van der Waals surface area contributed by atoms with Crippen molar-refractivity contribution in [2.75, 3.05) is 12.1 Å². The molecule has 0 radical (unpaired) electrons. The summed E-state index contributed by atoms with van der Waals surface area (Å²) in [5.41, 5.74) is 1.25. The van der Waals surface area contributed by atoms with Gasteiger partial charge in [-0.3, -0.25) is 9.59 Å². The molecule has 2 heterocycles. The molecule has 3 aromatic carbocycles. The highest BCUT2D eigenvalue weighted by Crippen LogP contribution is 2.51. The molecule has 0 saturated heterocycles. The molecule has 11 heteroatoms. The van der Waals surface area contributed by atoms with Crippen LogP contribution in [0.5, 0.6) is 17.2 Å². The Balaban J connectivity index is 1.29. The molecule has 1 aliphatic carbocycles. The van der Waals surface area contributed by atoms with E-state index in [0.29, 0.717) is 35.6 Å². The zero-order valence-corrected chi connectivity index (χ0v) is 20.9. The Kier molecular flexibility index (Phi) is 6.02. The zero-order valence-electron chi connectivity index (χ0n) is 20.1. The van der Waals surface area contributed by atoms with E-state index < -0.39 is 23.3 Å². The first kappa shape index (κ1) is 24.9. The lowest BCUT2D eigenvalue weighted by atomic mass is 9.94. The van der Waals surface area contributed by atoms with Crippen LogP contribution in [0, 0.1) is 0 Å². The van der Waals surface area contributed by atoms with Gasteiger partial charge in [0.15, 0.2) is 16.6 Å². The molecule has 1 fully saturated rings. The minimum absolute atomic E-state index is 0.133. The fourth-order valence-electron chi connectivity index (χ4n) is 4.44. The largest absolute Gasteiger partial charge is 0.573 e. The molecule has 1 N–H and O–H groups in total. The van der Waals surface area contributed by atoms with Crippen molar-refractivity contribution in [2.24, 2.45) is 0 Å². The van der Waals surface area contributed by atoms with E-state index in [0.717, 1.165) is 29.0 Å². The number of nitrogens with zero attached hydrogens (tertiary/aromatic N) is 1. The number of amides is 1. The number of thiazole rings is 1. The van der Waals surface area contributed by atoms with Gasteiger partial charge in [0.25, 0.3) is 0 Å². The average molecular weight is 553 g/mol. The summed E-state index contributed by atoms with van der Waals surface area (Å²) in [6.07, 6.45) is -3.54. The van der Waals surface area contributed by atoms with Crippen LogP contribution < -0.4 is 19.5 Å². The molecule has 4 aromatic rings. The van der Waals surface area contributed by atoms with Gasteiger partial charge >= 0.3 is 6.36 Å². The lowest BCUT2D eigenvalue weighted by Crippen LogP contribution is -2.27. The second kappa shape index (κ2) is 9.42. The van der Waals surface area contributed by atoms with Crippen LogP contribution in [-0.4, -0.2) is 29.8 Å². The van der Waals surface area contributed by atoms with Crippen molar-refractivity contribution in [3.8, 4) is 28.5 Å². The Morgan fingerprint density at radius 3 is 2.36 bits per heavy atom. The van der Waals surface area contributed by atoms with Gasteiger partial charge in [0.2, 0.25) is 18.5 Å². The van der Waals surface area contributed by atoms with Gasteiger partial charge in [-0.05, 0) is 54.8 Å². The first-order valence-electron chi connectivity index (χ1n) is 11.9. The standard InChI is InChI=1S/C28H19F3N2O5S/c29-28(30,31)38-19-9-6-17(7-10-19)23(34)24-22(16-4-2-1-3-5-16)32-26(39-24)33-25(35)27(12-13-27)18-8-11-20-21(14-18)37-15-36-20/h1-11,14H,12-13,15H2,(H,32,33,35). The quantitative estimate of drug-likeness (QED) is 0.269. The maximum Gasteiger partial charge on any atom is 0.573 e. The molecule has 2 aliphatic rings. The number of benzene rings is 3. The van der Waals surface area contributed by atoms with Gasteiger partial charge in [0.05, 0.1) is 11.1 Å². The highest BCUT2D eigenvalue weighted by molar-refractivity contribution is 7.18. The number of ether oxygens (including phenoxy) is 3. The molecule has 7 nitrogen and oxygen atoms in total. The third kappa shape index (κ3) is 4.92. The number of hydrogen-bond donors (Lipinski definition) is 1. The minimum atomic E-state index is -4.84. The van der Waals surface area contributed by atoms with E-state index in [4.69, 9.17) is 9.47 Å². The van der Waals surface area contributed by atoms with Crippen molar-refractivity contribution in [1.29, 1.82) is 0 Å². The number of anilines is 1. The van der Waals surface area contributed by atoms with Crippen LogP contribution in [0.4, 0.5) is 18.3 Å². The van der Waals surface area contributed by atoms with Gasteiger partial charge in [-0.25, -0.2) is 4.98 Å². The Hall–Kier alpha value is -4.38. The Morgan fingerprint density at radius 2 is 1.67 bits per heavy atom. The van der Waals surface area contributed by atoms with Crippen molar-refractivity contribution in [3.63, 3.8) is 0 Å². The van der Waals surface area contributed by atoms with Crippen LogP contribution in [0.1, 0.15) is 33.6 Å². The molecule has 39 heavy (non-hydrogen) atoms. The number of rotatable bonds is 7. The number of ketones is 1. The molecular formula is C28H19F3N2O5S. The maximum absolute atomic E-state index is 13.4. The molecule has 1 aromatic heterocycles. The van der Waals surface area contributed by atoms with Crippen LogP contribution >= 0.6 is 11.3 Å². The summed E-state index contributed by atoms with van der Waals surface area (Å²) in [6, 6.07) is 19.1. The molecule has 0 bridgehead atoms. The number of hydrogen-bond acceptors (Lipinski definition) is 7. The average Bonchev–Trinajstić information content (AvgIpc) is 3.42. The van der Waals surface area contributed by atoms with E-state index in [2.05, 4.69) is 15.0 Å². The number of fused-ring (bicyclic) bond motifs is 1. The summed E-state index contributed by atoms with van der Waals surface area (Å²) in [5, 5.41) is 3.12. The summed E-state index contributed by atoms with van der Waals surface area (Å²) in [5.74, 6) is 0.0952. The topological polar surface area (TPSA) is 86.8 Å². The SMILES string of the molecule is O=C(c1ccc(OC(F)(F)F)cc1)c1sc(NC(=O)C2(c3ccc4c(c3)OCO4)CC2)nc1-c1ccccc1. The highest BCUT2D eigenvalue weighted by atomic mass is 32.1. The summed E-state index contributed by atoms with van der Waals surface area (Å²) in [4.78, 5) is 31.7. The van der Waals surface area contributed by atoms with Crippen molar-refractivity contribution in [3.05, 3.63) is 88.8 Å². The van der Waals surface area contributed by atoms with Crippen molar-refractivity contribution < 1.29 is 37.0 Å². The molecule has 1 saturated carbocycles. The van der Waals surface area contributed by atoms with Crippen LogP contribution in [-0.2, 0) is 10.2 Å². The second-order valence-electron chi connectivity index (χ2n) is 9.07. The lowest BCUT2D eigenvalue weighted by Gasteiger charge is -2.15. The van der Waals surface area contributed by atoms with E-state index in [-0.39, 0.29) is 28.3 Å². The molecule has 1 amide bonds. The monoisotopic (exact) mass is 552 g/mol. The zero-order chi connectivity index (χ0) is 27.2. The molecular weight excluding hydrogens is 533 g/mol. The van der Waals surface area contributed by atoms with Crippen LogP contribution in [0.2, 0.25) is 0 Å². The highest BCUT2D eigenvalue weighted by Gasteiger charge is 2.52. The summed E-state index contributed by atoms with van der Waals surface area (Å²) >= 11 is 1.01. The predicted molar refractivity (Wildman–Crippen MR) is 136 cm³/mol. The second-order valence-corrected chi connectivity index (χ2v) is 10.1. The smallest absolute Gasteiger partial charge is 0.454 e. The van der Waals surface area contributed by atoms with Crippen molar-refractivity contribution in [1.82, 2.24) is 4.98 Å². The van der Waals surface area contributed by atoms with Crippen LogP contribution in [0.3, 0.4) is 0 Å². The predicted octanol–water partition coefficient (Wildman–Crippen LogP) is 6.34. The number of carbonyl (C=O) groups is 2. The Morgan fingerprint density at radius 1 is 0.949 bits per heavy atom.